The van der Waals surface area contributed by atoms with E-state index in [9.17, 15) is 5.11 Å². The molecule has 3 fully saturated rings. The third-order valence-corrected chi connectivity index (χ3v) is 6.08. The summed E-state index contributed by atoms with van der Waals surface area (Å²) in [5.74, 6) is 0. The molecule has 0 amide bonds. The zero-order valence-electron chi connectivity index (χ0n) is 13.1. The van der Waals surface area contributed by atoms with Crippen molar-refractivity contribution in [3.8, 4) is 0 Å². The van der Waals surface area contributed by atoms with E-state index in [1.807, 2.05) is 0 Å². The van der Waals surface area contributed by atoms with Gasteiger partial charge in [-0.15, -0.1) is 0 Å². The zero-order valence-corrected chi connectivity index (χ0v) is 13.1. The van der Waals surface area contributed by atoms with E-state index in [4.69, 9.17) is 0 Å². The summed E-state index contributed by atoms with van der Waals surface area (Å²) in [6.07, 6.45) is 19.0. The molecule has 0 heterocycles. The molecule has 0 atom stereocenters. The minimum atomic E-state index is -0.00851. The van der Waals surface area contributed by atoms with Crippen molar-refractivity contribution in [3.63, 3.8) is 0 Å². The Kier molecular flexibility index (Phi) is 5.39. The smallest absolute Gasteiger partial charge is 0.0541 e. The molecule has 3 aliphatic rings. The van der Waals surface area contributed by atoms with Gasteiger partial charge in [-0.25, -0.2) is 0 Å². The fourth-order valence-electron chi connectivity index (χ4n) is 5.01. The fourth-order valence-corrected chi connectivity index (χ4v) is 5.01. The average Bonchev–Trinajstić information content (AvgIpc) is 2.52. The second kappa shape index (κ2) is 7.26. The number of hydrogen-bond donors (Lipinski definition) is 1. The molecule has 2 nitrogen and oxygen atoms in total. The molecule has 20 heavy (non-hydrogen) atoms. The van der Waals surface area contributed by atoms with Crippen LogP contribution in [0.25, 0.3) is 0 Å². The predicted molar refractivity (Wildman–Crippen MR) is 83.8 cm³/mol. The predicted octanol–water partition coefficient (Wildman–Crippen LogP) is 4.26. The van der Waals surface area contributed by atoms with Gasteiger partial charge in [-0.1, -0.05) is 38.5 Å². The van der Waals surface area contributed by atoms with Crippen LogP contribution >= 0.6 is 0 Å². The van der Waals surface area contributed by atoms with Crippen LogP contribution in [0, 0.1) is 0 Å². The van der Waals surface area contributed by atoms with E-state index < -0.39 is 0 Å². The molecule has 0 aromatic heterocycles. The van der Waals surface area contributed by atoms with Gasteiger partial charge in [0.2, 0.25) is 0 Å². The van der Waals surface area contributed by atoms with Crippen LogP contribution in [0.1, 0.15) is 89.9 Å². The molecule has 0 saturated heterocycles. The van der Waals surface area contributed by atoms with Crippen LogP contribution in [0.5, 0.6) is 0 Å². The summed E-state index contributed by atoms with van der Waals surface area (Å²) in [4.78, 5) is 2.98. The van der Waals surface area contributed by atoms with Gasteiger partial charge in [-0.05, 0) is 51.4 Å². The molecule has 0 unspecified atom stereocenters. The lowest BCUT2D eigenvalue weighted by Gasteiger charge is -2.48. The Hall–Kier alpha value is -0.0800. The Balaban J connectivity index is 1.68. The van der Waals surface area contributed by atoms with Crippen LogP contribution < -0.4 is 0 Å². The molecular weight excluding hydrogens is 246 g/mol. The molecule has 3 saturated carbocycles. The topological polar surface area (TPSA) is 23.5 Å². The Bertz CT molecular complexity index is 255. The average molecular weight is 279 g/mol. The number of nitrogens with zero attached hydrogens (tertiary/aromatic N) is 1. The van der Waals surface area contributed by atoms with Crippen molar-refractivity contribution in [1.82, 2.24) is 4.90 Å². The molecule has 3 rings (SSSR count). The first-order chi connectivity index (χ1) is 9.84. The van der Waals surface area contributed by atoms with Crippen molar-refractivity contribution in [2.45, 2.75) is 114 Å². The van der Waals surface area contributed by atoms with Crippen molar-refractivity contribution < 1.29 is 5.11 Å². The van der Waals surface area contributed by atoms with Gasteiger partial charge >= 0.3 is 0 Å². The highest BCUT2D eigenvalue weighted by atomic mass is 16.3. The number of aliphatic hydroxyl groups excluding tert-OH is 1. The molecule has 0 bridgehead atoms. The second-order valence-corrected chi connectivity index (χ2v) is 7.49. The second-order valence-electron chi connectivity index (χ2n) is 7.49. The molecule has 2 heteroatoms. The van der Waals surface area contributed by atoms with E-state index >= 15 is 0 Å². The van der Waals surface area contributed by atoms with Crippen molar-refractivity contribution >= 4 is 0 Å². The van der Waals surface area contributed by atoms with Gasteiger partial charge in [0.15, 0.2) is 0 Å². The Morgan fingerprint density at radius 2 is 0.900 bits per heavy atom. The maximum absolute atomic E-state index is 9.81. The van der Waals surface area contributed by atoms with Gasteiger partial charge in [0, 0.05) is 18.1 Å². The van der Waals surface area contributed by atoms with Gasteiger partial charge in [-0.2, -0.15) is 0 Å². The van der Waals surface area contributed by atoms with Crippen LogP contribution in [0.4, 0.5) is 0 Å². The molecule has 0 aromatic carbocycles. The minimum absolute atomic E-state index is 0.00851. The highest BCUT2D eigenvalue weighted by molar-refractivity contribution is 4.90. The molecule has 0 aliphatic heterocycles. The van der Waals surface area contributed by atoms with Crippen molar-refractivity contribution in [2.75, 3.05) is 0 Å². The first-order valence-corrected chi connectivity index (χ1v) is 9.30. The monoisotopic (exact) mass is 279 g/mol. The quantitative estimate of drug-likeness (QED) is 0.834. The summed E-state index contributed by atoms with van der Waals surface area (Å²) >= 11 is 0. The summed E-state index contributed by atoms with van der Waals surface area (Å²) in [6, 6.07) is 2.52. The van der Waals surface area contributed by atoms with Crippen molar-refractivity contribution in [2.24, 2.45) is 0 Å². The van der Waals surface area contributed by atoms with Crippen LogP contribution in [0.15, 0.2) is 0 Å². The SMILES string of the molecule is OC1CCC(N(C2CCCCC2)C2CCCCC2)CC1. The lowest BCUT2D eigenvalue weighted by molar-refractivity contribution is 0.000750. The van der Waals surface area contributed by atoms with E-state index in [0.29, 0.717) is 0 Å². The van der Waals surface area contributed by atoms with Crippen LogP contribution in [0.3, 0.4) is 0 Å². The van der Waals surface area contributed by atoms with E-state index in [1.54, 1.807) is 0 Å². The largest absolute Gasteiger partial charge is 0.393 e. The first kappa shape index (κ1) is 14.8. The standard InChI is InChI=1S/C18H33NO/c20-18-13-11-17(12-14-18)19(15-7-3-1-4-8-15)16-9-5-2-6-10-16/h15-18,20H,1-14H2. The van der Waals surface area contributed by atoms with Gasteiger partial charge in [-0.3, -0.25) is 4.90 Å². The highest BCUT2D eigenvalue weighted by Gasteiger charge is 2.35. The van der Waals surface area contributed by atoms with Crippen molar-refractivity contribution in [3.05, 3.63) is 0 Å². The van der Waals surface area contributed by atoms with E-state index in [1.165, 1.54) is 77.0 Å². The lowest BCUT2D eigenvalue weighted by Crippen LogP contribution is -2.52. The highest BCUT2D eigenvalue weighted by Crippen LogP contribution is 2.35. The molecule has 116 valence electrons. The summed E-state index contributed by atoms with van der Waals surface area (Å²) in [7, 11) is 0. The van der Waals surface area contributed by atoms with Crippen LogP contribution in [-0.4, -0.2) is 34.2 Å². The minimum Gasteiger partial charge on any atom is -0.393 e. The molecule has 3 aliphatic carbocycles. The van der Waals surface area contributed by atoms with Gasteiger partial charge in [0.1, 0.15) is 0 Å². The maximum Gasteiger partial charge on any atom is 0.0541 e. The zero-order chi connectivity index (χ0) is 13.8. The summed E-state index contributed by atoms with van der Waals surface area (Å²) in [5.41, 5.74) is 0. The summed E-state index contributed by atoms with van der Waals surface area (Å²) in [5, 5.41) is 9.81. The van der Waals surface area contributed by atoms with E-state index in [-0.39, 0.29) is 6.10 Å². The Morgan fingerprint density at radius 1 is 0.500 bits per heavy atom. The molecule has 1 N–H and O–H groups in total. The molecular formula is C18H33NO. The van der Waals surface area contributed by atoms with Gasteiger partial charge < -0.3 is 5.11 Å². The lowest BCUT2D eigenvalue weighted by atomic mass is 9.83. The fraction of sp³-hybridized carbons (Fsp3) is 1.00. The van der Waals surface area contributed by atoms with Crippen LogP contribution in [0.2, 0.25) is 0 Å². The molecule has 0 aromatic rings. The third kappa shape index (κ3) is 3.57. The normalized spacial score (nSPS) is 34.5. The van der Waals surface area contributed by atoms with Gasteiger partial charge in [0.25, 0.3) is 0 Å². The number of aliphatic hydroxyl groups is 1. The van der Waals surface area contributed by atoms with Crippen molar-refractivity contribution in [1.29, 1.82) is 0 Å². The maximum atomic E-state index is 9.81. The van der Waals surface area contributed by atoms with E-state index in [2.05, 4.69) is 4.90 Å². The van der Waals surface area contributed by atoms with Gasteiger partial charge in [0.05, 0.1) is 6.10 Å². The van der Waals surface area contributed by atoms with E-state index in [0.717, 1.165) is 31.0 Å². The Morgan fingerprint density at radius 3 is 1.35 bits per heavy atom. The number of hydrogen-bond acceptors (Lipinski definition) is 2. The summed E-state index contributed by atoms with van der Waals surface area (Å²) < 4.78 is 0. The molecule has 0 radical (unpaired) electrons. The van der Waals surface area contributed by atoms with Crippen LogP contribution in [-0.2, 0) is 0 Å². The Labute approximate surface area is 124 Å². The number of rotatable bonds is 3. The third-order valence-electron chi connectivity index (χ3n) is 6.08. The first-order valence-electron chi connectivity index (χ1n) is 9.30. The summed E-state index contributed by atoms with van der Waals surface area (Å²) in [6.45, 7) is 0. The molecule has 0 spiro atoms.